The van der Waals surface area contributed by atoms with Gasteiger partial charge >= 0.3 is 22.2 Å². The second-order valence-electron chi connectivity index (χ2n) is 16.4. The summed E-state index contributed by atoms with van der Waals surface area (Å²) in [5.41, 5.74) is 0.104. The molecule has 1 aromatic carbocycles. The SMILES string of the molecule is CCN(C(C)C)S(=O)(=O)NC(=O)c1cc2cc(NC(=O)[C@@H]3[C@H](C4CCCCC4)CCN3C(=O)[C@H]3CC[C@H]([C@@H](CF)NC(=O)OC(C)(C)C)CC3)ccc2o1. The van der Waals surface area contributed by atoms with Gasteiger partial charge in [0.2, 0.25) is 11.8 Å². The van der Waals surface area contributed by atoms with Gasteiger partial charge in [-0.2, -0.15) is 12.7 Å². The highest BCUT2D eigenvalue weighted by Crippen LogP contribution is 2.41. The molecular weight excluding hydrogens is 718 g/mol. The maximum atomic E-state index is 14.2. The first-order chi connectivity index (χ1) is 25.5. The lowest BCUT2D eigenvalue weighted by Gasteiger charge is -2.37. The molecule has 54 heavy (non-hydrogen) atoms. The number of nitrogens with zero attached hydrogens (tertiary/aromatic N) is 2. The molecule has 2 saturated carbocycles. The van der Waals surface area contributed by atoms with Crippen molar-refractivity contribution in [2.45, 2.75) is 129 Å². The Morgan fingerprint density at radius 1 is 1.00 bits per heavy atom. The van der Waals surface area contributed by atoms with E-state index in [0.717, 1.165) is 32.1 Å². The lowest BCUT2D eigenvalue weighted by Crippen LogP contribution is -2.50. The van der Waals surface area contributed by atoms with Crippen LogP contribution in [0, 0.1) is 23.7 Å². The fourth-order valence-corrected chi connectivity index (χ4v) is 10.0. The number of nitrogens with one attached hydrogen (secondary N) is 3. The Kier molecular flexibility index (Phi) is 13.3. The molecule has 2 aliphatic carbocycles. The second-order valence-corrected chi connectivity index (χ2v) is 18.1. The number of carbonyl (C=O) groups is 4. The van der Waals surface area contributed by atoms with Crippen molar-refractivity contribution in [2.24, 2.45) is 23.7 Å². The zero-order valence-electron chi connectivity index (χ0n) is 32.5. The van der Waals surface area contributed by atoms with E-state index in [2.05, 4.69) is 15.4 Å². The van der Waals surface area contributed by atoms with E-state index in [-0.39, 0.29) is 47.9 Å². The maximum Gasteiger partial charge on any atom is 0.407 e. The fourth-order valence-electron chi connectivity index (χ4n) is 8.69. The van der Waals surface area contributed by atoms with Gasteiger partial charge in [-0.25, -0.2) is 13.9 Å². The number of alkyl halides is 1. The van der Waals surface area contributed by atoms with Gasteiger partial charge in [0.25, 0.3) is 0 Å². The molecule has 1 saturated heterocycles. The number of hydrogen-bond acceptors (Lipinski definition) is 8. The van der Waals surface area contributed by atoms with Crippen molar-refractivity contribution < 1.29 is 41.1 Å². The van der Waals surface area contributed by atoms with Crippen molar-refractivity contribution in [2.75, 3.05) is 25.1 Å². The van der Waals surface area contributed by atoms with Crippen LogP contribution in [0.3, 0.4) is 0 Å². The standard InChI is InChI=1S/C39H58FN5O8S/c1-7-45(24(2)3)54(50,51)43-35(46)33-22-28-21-29(17-18-32(28)52-33)41-36(47)34-30(25-11-9-8-10-12-25)19-20-44(34)37(48)27-15-13-26(14-16-27)31(23-40)42-38(49)53-39(4,5)6/h17-18,21-22,24-27,30-31,34H,7-16,19-20,23H2,1-6H3,(H,41,47)(H,42,49)(H,43,46)/t26-,27-,30-,31+,34-/m0/s1. The summed E-state index contributed by atoms with van der Waals surface area (Å²) in [6.07, 6.45) is 7.71. The molecule has 0 spiro atoms. The van der Waals surface area contributed by atoms with E-state index in [4.69, 9.17) is 9.15 Å². The molecule has 1 aliphatic heterocycles. The van der Waals surface area contributed by atoms with Crippen molar-refractivity contribution in [3.8, 4) is 0 Å². The highest BCUT2D eigenvalue weighted by molar-refractivity contribution is 7.87. The van der Waals surface area contributed by atoms with E-state index in [9.17, 15) is 32.0 Å². The van der Waals surface area contributed by atoms with Crippen molar-refractivity contribution >= 4 is 50.7 Å². The normalized spacial score (nSPS) is 23.4. The Balaban J connectivity index is 1.28. The number of benzene rings is 1. The van der Waals surface area contributed by atoms with E-state index in [0.29, 0.717) is 54.8 Å². The van der Waals surface area contributed by atoms with Crippen LogP contribution in [0.15, 0.2) is 28.7 Å². The summed E-state index contributed by atoms with van der Waals surface area (Å²) in [6, 6.07) is 4.67. The Bertz CT molecular complexity index is 1760. The van der Waals surface area contributed by atoms with Crippen LogP contribution in [-0.4, -0.2) is 84.9 Å². The third-order valence-corrected chi connectivity index (χ3v) is 13.0. The minimum Gasteiger partial charge on any atom is -0.451 e. The molecule has 3 fully saturated rings. The molecule has 4 amide bonds. The van der Waals surface area contributed by atoms with Crippen LogP contribution in [-0.2, 0) is 24.5 Å². The van der Waals surface area contributed by atoms with Crippen molar-refractivity contribution in [1.82, 2.24) is 19.2 Å². The summed E-state index contributed by atoms with van der Waals surface area (Å²) >= 11 is 0. The zero-order chi connectivity index (χ0) is 39.4. The lowest BCUT2D eigenvalue weighted by molar-refractivity contribution is -0.142. The molecule has 3 atom stereocenters. The number of carbonyl (C=O) groups excluding carboxylic acids is 4. The van der Waals surface area contributed by atoms with Gasteiger partial charge in [-0.3, -0.25) is 14.4 Å². The van der Waals surface area contributed by atoms with Crippen molar-refractivity contribution in [3.05, 3.63) is 30.0 Å². The summed E-state index contributed by atoms with van der Waals surface area (Å²) in [7, 11) is -4.09. The van der Waals surface area contributed by atoms with Gasteiger partial charge in [-0.05, 0) is 109 Å². The average Bonchev–Trinajstić information content (AvgIpc) is 3.75. The van der Waals surface area contributed by atoms with E-state index in [1.807, 2.05) is 0 Å². The van der Waals surface area contributed by atoms with Crippen LogP contribution >= 0.6 is 0 Å². The van der Waals surface area contributed by atoms with Gasteiger partial charge in [0, 0.05) is 36.1 Å². The van der Waals surface area contributed by atoms with Crippen LogP contribution in [0.1, 0.15) is 116 Å². The third kappa shape index (κ3) is 9.92. The summed E-state index contributed by atoms with van der Waals surface area (Å²) in [6.45, 7) is 10.3. The average molecular weight is 776 g/mol. The Morgan fingerprint density at radius 2 is 1.69 bits per heavy atom. The highest BCUT2D eigenvalue weighted by atomic mass is 32.2. The molecule has 0 unspecified atom stereocenters. The summed E-state index contributed by atoms with van der Waals surface area (Å²) in [4.78, 5) is 55.5. The number of ether oxygens (including phenoxy) is 1. The number of alkyl carbamates (subject to hydrolysis) is 1. The number of furan rings is 1. The summed E-state index contributed by atoms with van der Waals surface area (Å²) < 4.78 is 53.9. The van der Waals surface area contributed by atoms with Crippen LogP contribution < -0.4 is 15.4 Å². The predicted octanol–water partition coefficient (Wildman–Crippen LogP) is 6.54. The minimum atomic E-state index is -4.09. The molecule has 1 aromatic heterocycles. The zero-order valence-corrected chi connectivity index (χ0v) is 33.3. The first kappa shape index (κ1) is 41.4. The van der Waals surface area contributed by atoms with Gasteiger partial charge in [0.15, 0.2) is 5.76 Å². The van der Waals surface area contributed by atoms with E-state index in [1.165, 1.54) is 16.8 Å². The van der Waals surface area contributed by atoms with Crippen LogP contribution in [0.2, 0.25) is 0 Å². The molecule has 15 heteroatoms. The largest absolute Gasteiger partial charge is 0.451 e. The molecule has 3 aliphatic rings. The number of fused-ring (bicyclic) bond motifs is 1. The monoisotopic (exact) mass is 775 g/mol. The Morgan fingerprint density at radius 3 is 2.30 bits per heavy atom. The Labute approximate surface area is 318 Å². The molecular formula is C39H58FN5O8S. The van der Waals surface area contributed by atoms with E-state index >= 15 is 0 Å². The van der Waals surface area contributed by atoms with Crippen molar-refractivity contribution in [1.29, 1.82) is 0 Å². The molecule has 13 nitrogen and oxygen atoms in total. The van der Waals surface area contributed by atoms with E-state index in [1.54, 1.807) is 64.6 Å². The van der Waals surface area contributed by atoms with Gasteiger partial charge < -0.3 is 24.7 Å². The number of amides is 4. The lowest BCUT2D eigenvalue weighted by atomic mass is 9.76. The highest BCUT2D eigenvalue weighted by Gasteiger charge is 2.47. The topological polar surface area (TPSA) is 167 Å². The fraction of sp³-hybridized carbons (Fsp3) is 0.692. The smallest absolute Gasteiger partial charge is 0.407 e. The van der Waals surface area contributed by atoms with Crippen LogP contribution in [0.5, 0.6) is 0 Å². The first-order valence-corrected chi connectivity index (χ1v) is 21.0. The minimum absolute atomic E-state index is 0.0166. The van der Waals surface area contributed by atoms with Crippen molar-refractivity contribution in [3.63, 3.8) is 0 Å². The number of rotatable bonds is 12. The van der Waals surface area contributed by atoms with Gasteiger partial charge in [0.1, 0.15) is 23.9 Å². The molecule has 5 rings (SSSR count). The van der Waals surface area contributed by atoms with Crippen LogP contribution in [0.25, 0.3) is 11.0 Å². The Hall–Kier alpha value is -3.72. The number of anilines is 1. The first-order valence-electron chi connectivity index (χ1n) is 19.6. The molecule has 2 aromatic rings. The van der Waals surface area contributed by atoms with Gasteiger partial charge in [-0.15, -0.1) is 0 Å². The number of likely N-dealkylation sites (tertiary alicyclic amines) is 1. The van der Waals surface area contributed by atoms with E-state index < -0.39 is 46.6 Å². The number of hydrogen-bond donors (Lipinski definition) is 3. The quantitative estimate of drug-likeness (QED) is 0.219. The van der Waals surface area contributed by atoms with Crippen LogP contribution in [0.4, 0.5) is 14.9 Å². The molecule has 0 radical (unpaired) electrons. The molecule has 0 bridgehead atoms. The molecule has 300 valence electrons. The number of halogens is 1. The summed E-state index contributed by atoms with van der Waals surface area (Å²) in [5, 5.41) is 6.22. The van der Waals surface area contributed by atoms with Gasteiger partial charge in [0.05, 0.1) is 6.04 Å². The second kappa shape index (κ2) is 17.4. The third-order valence-electron chi connectivity index (χ3n) is 11.2. The maximum absolute atomic E-state index is 14.2. The molecule has 2 heterocycles. The summed E-state index contributed by atoms with van der Waals surface area (Å²) in [5.74, 6) is -1.50. The predicted molar refractivity (Wildman–Crippen MR) is 204 cm³/mol. The molecule has 3 N–H and O–H groups in total. The van der Waals surface area contributed by atoms with Gasteiger partial charge in [-0.1, -0.05) is 39.0 Å².